The number of benzene rings is 1. The Hall–Kier alpha value is -2.17. The van der Waals surface area contributed by atoms with Crippen molar-refractivity contribution in [3.05, 3.63) is 41.8 Å². The first-order valence-corrected chi connectivity index (χ1v) is 7.53. The van der Waals surface area contributed by atoms with Gasteiger partial charge < -0.3 is 9.09 Å². The molecule has 0 unspecified atom stereocenters. The first kappa shape index (κ1) is 12.6. The fourth-order valence-electron chi connectivity index (χ4n) is 2.86. The minimum absolute atomic E-state index is 0.469. The molecule has 0 radical (unpaired) electrons. The molecule has 4 rings (SSSR count). The van der Waals surface area contributed by atoms with Gasteiger partial charge in [0.25, 0.3) is 0 Å². The number of hydrogen-bond acceptors (Lipinski definition) is 4. The molecule has 0 spiro atoms. The van der Waals surface area contributed by atoms with E-state index in [0.717, 1.165) is 41.4 Å². The molecule has 0 bridgehead atoms. The van der Waals surface area contributed by atoms with E-state index in [1.165, 1.54) is 0 Å². The van der Waals surface area contributed by atoms with Gasteiger partial charge in [0.2, 0.25) is 5.89 Å². The van der Waals surface area contributed by atoms with Crippen LogP contribution in [0.5, 0.6) is 0 Å². The Kier molecular flexibility index (Phi) is 2.80. The Morgan fingerprint density at radius 3 is 2.86 bits per heavy atom. The average molecular weight is 282 g/mol. The van der Waals surface area contributed by atoms with E-state index in [4.69, 9.17) is 4.52 Å². The van der Waals surface area contributed by atoms with E-state index < -0.39 is 0 Å². The first-order chi connectivity index (χ1) is 10.3. The zero-order valence-corrected chi connectivity index (χ0v) is 12.3. The summed E-state index contributed by atoms with van der Waals surface area (Å²) in [6, 6.07) is 8.18. The molecule has 5 heteroatoms. The highest BCUT2D eigenvalue weighted by atomic mass is 16.5. The van der Waals surface area contributed by atoms with E-state index in [9.17, 15) is 0 Å². The van der Waals surface area contributed by atoms with Crippen molar-refractivity contribution < 1.29 is 4.52 Å². The Morgan fingerprint density at radius 1 is 1.29 bits per heavy atom. The summed E-state index contributed by atoms with van der Waals surface area (Å²) < 4.78 is 7.58. The summed E-state index contributed by atoms with van der Waals surface area (Å²) in [6.07, 6.45) is 2.05. The fraction of sp³-hybridized carbons (Fsp3) is 0.438. The van der Waals surface area contributed by atoms with Crippen LogP contribution in [0, 0.1) is 5.92 Å². The van der Waals surface area contributed by atoms with Crippen molar-refractivity contribution >= 4 is 11.0 Å². The van der Waals surface area contributed by atoms with Crippen molar-refractivity contribution in [2.45, 2.75) is 39.2 Å². The number of imidazole rings is 1. The zero-order chi connectivity index (χ0) is 14.4. The smallest absolute Gasteiger partial charge is 0.230 e. The average Bonchev–Trinajstić information content (AvgIpc) is 2.94. The third kappa shape index (κ3) is 2.13. The summed E-state index contributed by atoms with van der Waals surface area (Å²) >= 11 is 0. The quantitative estimate of drug-likeness (QED) is 0.737. The van der Waals surface area contributed by atoms with Crippen LogP contribution in [0.15, 0.2) is 28.8 Å². The lowest BCUT2D eigenvalue weighted by atomic mass is 10.3. The third-order valence-electron chi connectivity index (χ3n) is 4.26. The van der Waals surface area contributed by atoms with Crippen molar-refractivity contribution in [3.63, 3.8) is 0 Å². The van der Waals surface area contributed by atoms with Gasteiger partial charge in [-0.25, -0.2) is 4.98 Å². The van der Waals surface area contributed by atoms with E-state index >= 15 is 0 Å². The van der Waals surface area contributed by atoms with Crippen molar-refractivity contribution in [3.8, 4) is 0 Å². The van der Waals surface area contributed by atoms with Crippen LogP contribution in [0.2, 0.25) is 0 Å². The van der Waals surface area contributed by atoms with E-state index in [-0.39, 0.29) is 0 Å². The molecule has 2 aromatic heterocycles. The van der Waals surface area contributed by atoms with Crippen LogP contribution in [0.1, 0.15) is 43.7 Å². The van der Waals surface area contributed by atoms with Gasteiger partial charge in [-0.05, 0) is 24.5 Å². The normalized spacial score (nSPS) is 21.0. The number of fused-ring (bicyclic) bond motifs is 1. The maximum absolute atomic E-state index is 5.40. The Morgan fingerprint density at radius 2 is 2.10 bits per heavy atom. The maximum Gasteiger partial charge on any atom is 0.230 e. The lowest BCUT2D eigenvalue weighted by Gasteiger charge is -2.04. The summed E-state index contributed by atoms with van der Waals surface area (Å²) in [4.78, 5) is 9.22. The van der Waals surface area contributed by atoms with Crippen LogP contribution >= 0.6 is 0 Å². The second-order valence-electron chi connectivity index (χ2n) is 5.82. The van der Waals surface area contributed by atoms with Gasteiger partial charge in [-0.3, -0.25) is 0 Å². The van der Waals surface area contributed by atoms with Gasteiger partial charge >= 0.3 is 0 Å². The summed E-state index contributed by atoms with van der Waals surface area (Å²) in [5.74, 6) is 3.74. The minimum atomic E-state index is 0.469. The van der Waals surface area contributed by atoms with Gasteiger partial charge in [0.15, 0.2) is 5.82 Å². The van der Waals surface area contributed by atoms with E-state index in [1.54, 1.807) is 0 Å². The summed E-state index contributed by atoms with van der Waals surface area (Å²) in [5, 5.41) is 4.13. The van der Waals surface area contributed by atoms with Crippen molar-refractivity contribution in [2.75, 3.05) is 0 Å². The summed E-state index contributed by atoms with van der Waals surface area (Å²) in [6.45, 7) is 4.95. The van der Waals surface area contributed by atoms with Crippen LogP contribution in [-0.4, -0.2) is 19.7 Å². The third-order valence-corrected chi connectivity index (χ3v) is 4.26. The molecule has 3 aromatic rings. The van der Waals surface area contributed by atoms with Crippen LogP contribution in [0.4, 0.5) is 0 Å². The van der Waals surface area contributed by atoms with Crippen LogP contribution in [0.3, 0.4) is 0 Å². The molecule has 108 valence electrons. The molecule has 0 N–H and O–H groups in total. The van der Waals surface area contributed by atoms with Crippen molar-refractivity contribution in [2.24, 2.45) is 5.92 Å². The van der Waals surface area contributed by atoms with Gasteiger partial charge in [0, 0.05) is 12.3 Å². The molecule has 1 fully saturated rings. The Labute approximate surface area is 123 Å². The highest BCUT2D eigenvalue weighted by Gasteiger charge is 2.38. The standard InChI is InChI=1S/C16H18N4O/c1-3-15-17-12-6-4-5-7-13(12)20(15)9-14-18-16(21-19-14)11-8-10(11)2/h4-7,10-11H,3,8-9H2,1-2H3/t10-,11+/m1/s1. The van der Waals surface area contributed by atoms with Crippen LogP contribution in [-0.2, 0) is 13.0 Å². The lowest BCUT2D eigenvalue weighted by molar-refractivity contribution is 0.370. The van der Waals surface area contributed by atoms with Crippen molar-refractivity contribution in [1.29, 1.82) is 0 Å². The molecule has 0 amide bonds. The largest absolute Gasteiger partial charge is 0.339 e. The second kappa shape index (κ2) is 4.69. The summed E-state index contributed by atoms with van der Waals surface area (Å²) in [5.41, 5.74) is 2.15. The highest BCUT2D eigenvalue weighted by molar-refractivity contribution is 5.75. The van der Waals surface area contributed by atoms with E-state index in [2.05, 4.69) is 39.6 Å². The lowest BCUT2D eigenvalue weighted by Crippen LogP contribution is -2.05. The Bertz CT molecular complexity index is 789. The van der Waals surface area contributed by atoms with E-state index in [1.807, 2.05) is 18.2 Å². The molecule has 1 aliphatic carbocycles. The number of rotatable bonds is 4. The molecule has 21 heavy (non-hydrogen) atoms. The maximum atomic E-state index is 5.40. The molecule has 2 heterocycles. The van der Waals surface area contributed by atoms with Gasteiger partial charge in [-0.2, -0.15) is 4.98 Å². The first-order valence-electron chi connectivity index (χ1n) is 7.53. The number of hydrogen-bond donors (Lipinski definition) is 0. The Balaban J connectivity index is 1.68. The molecule has 5 nitrogen and oxygen atoms in total. The number of aryl methyl sites for hydroxylation is 1. The molecule has 1 aromatic carbocycles. The number of aromatic nitrogens is 4. The predicted octanol–water partition coefficient (Wildman–Crippen LogP) is 3.15. The van der Waals surface area contributed by atoms with Crippen LogP contribution in [0.25, 0.3) is 11.0 Å². The predicted molar refractivity (Wildman–Crippen MR) is 79.0 cm³/mol. The van der Waals surface area contributed by atoms with Crippen molar-refractivity contribution in [1.82, 2.24) is 19.7 Å². The van der Waals surface area contributed by atoms with Gasteiger partial charge in [-0.15, -0.1) is 0 Å². The van der Waals surface area contributed by atoms with Gasteiger partial charge in [-0.1, -0.05) is 31.1 Å². The minimum Gasteiger partial charge on any atom is -0.339 e. The molecule has 0 aliphatic heterocycles. The number of nitrogens with zero attached hydrogens (tertiary/aromatic N) is 4. The van der Waals surface area contributed by atoms with Gasteiger partial charge in [0.1, 0.15) is 5.82 Å². The number of para-hydroxylation sites is 2. The monoisotopic (exact) mass is 282 g/mol. The zero-order valence-electron chi connectivity index (χ0n) is 12.3. The second-order valence-corrected chi connectivity index (χ2v) is 5.82. The molecular weight excluding hydrogens is 264 g/mol. The molecule has 1 saturated carbocycles. The van der Waals surface area contributed by atoms with Crippen LogP contribution < -0.4 is 0 Å². The molecular formula is C16H18N4O. The summed E-state index contributed by atoms with van der Waals surface area (Å²) in [7, 11) is 0. The molecule has 1 aliphatic rings. The molecule has 0 saturated heterocycles. The molecule has 2 atom stereocenters. The topological polar surface area (TPSA) is 56.7 Å². The van der Waals surface area contributed by atoms with E-state index in [0.29, 0.717) is 18.4 Å². The SMILES string of the molecule is CCc1nc2ccccc2n1Cc1noc([C@H]2C[C@H]2C)n1. The van der Waals surface area contributed by atoms with Gasteiger partial charge in [0.05, 0.1) is 17.6 Å². The highest BCUT2D eigenvalue weighted by Crippen LogP contribution is 2.46. The fourth-order valence-corrected chi connectivity index (χ4v) is 2.86.